The highest BCUT2D eigenvalue weighted by Gasteiger charge is 2.33. The van der Waals surface area contributed by atoms with Crippen molar-refractivity contribution in [2.24, 2.45) is 0 Å². The molecule has 0 aliphatic carbocycles. The molecule has 2 N–H and O–H groups in total. The van der Waals surface area contributed by atoms with E-state index in [1.165, 1.54) is 14.2 Å². The number of aromatic nitrogens is 4. The number of nitrogens with one attached hydrogen (secondary N) is 2. The molecule has 14 heteroatoms. The first kappa shape index (κ1) is 44.5. The van der Waals surface area contributed by atoms with Crippen LogP contribution >= 0.6 is 0 Å². The second kappa shape index (κ2) is 17.5. The van der Waals surface area contributed by atoms with E-state index in [4.69, 9.17) is 37.7 Å². The van der Waals surface area contributed by atoms with Gasteiger partial charge in [0, 0.05) is 46.0 Å². The third kappa shape index (κ3) is 7.58. The van der Waals surface area contributed by atoms with E-state index < -0.39 is 23.5 Å². The number of carbonyl (C=O) groups excluding carboxylic acids is 2. The Morgan fingerprint density at radius 1 is 0.586 bits per heavy atom. The molecular weight excluding hydrogens is 889 g/mol. The Hall–Kier alpha value is -8.00. The number of nitrogens with zero attached hydrogens (tertiary/aromatic N) is 2. The predicted octanol–water partition coefficient (Wildman–Crippen LogP) is 11.0. The number of benzene rings is 2. The van der Waals surface area contributed by atoms with Gasteiger partial charge in [0.15, 0.2) is 0 Å². The number of para-hydroxylation sites is 2. The normalized spacial score (nSPS) is 16.5. The molecule has 5 aromatic heterocycles. The molecule has 14 nitrogen and oxygen atoms in total. The lowest BCUT2D eigenvalue weighted by Gasteiger charge is -2.27. The molecular formula is C56H50N4O10. The minimum atomic E-state index is -0.469. The Labute approximate surface area is 401 Å². The Morgan fingerprint density at radius 2 is 1.01 bits per heavy atom. The summed E-state index contributed by atoms with van der Waals surface area (Å²) in [4.78, 5) is 69.9. The van der Waals surface area contributed by atoms with Gasteiger partial charge in [-0.15, -0.1) is 0 Å². The molecule has 354 valence electrons. The lowest BCUT2D eigenvalue weighted by atomic mass is 9.94. The van der Waals surface area contributed by atoms with Gasteiger partial charge in [0.1, 0.15) is 34.9 Å². The van der Waals surface area contributed by atoms with E-state index in [1.807, 2.05) is 68.4 Å². The highest BCUT2D eigenvalue weighted by Crippen LogP contribution is 2.45. The van der Waals surface area contributed by atoms with Crippen molar-refractivity contribution in [2.45, 2.75) is 91.3 Å². The molecule has 9 heterocycles. The van der Waals surface area contributed by atoms with Gasteiger partial charge in [-0.05, 0) is 148 Å². The molecule has 0 saturated heterocycles. The molecule has 0 fully saturated rings. The molecule has 8 bridgehead atoms. The van der Waals surface area contributed by atoms with Crippen LogP contribution < -0.4 is 20.7 Å². The average Bonchev–Trinajstić information content (AvgIpc) is 4.04. The fraction of sp³-hybridized carbons (Fsp3) is 0.286. The van der Waals surface area contributed by atoms with Crippen LogP contribution in [0.15, 0.2) is 91.2 Å². The number of aryl methyl sites for hydroxylation is 2. The number of methoxy groups -OCH3 is 2. The van der Waals surface area contributed by atoms with Gasteiger partial charge in [0.25, 0.3) is 0 Å². The first-order valence-corrected chi connectivity index (χ1v) is 23.6. The molecule has 2 atom stereocenters. The van der Waals surface area contributed by atoms with Crippen LogP contribution in [0.25, 0.3) is 66.3 Å². The van der Waals surface area contributed by atoms with Gasteiger partial charge >= 0.3 is 23.2 Å². The molecule has 4 aliphatic heterocycles. The van der Waals surface area contributed by atoms with Crippen LogP contribution in [0.5, 0.6) is 11.5 Å². The summed E-state index contributed by atoms with van der Waals surface area (Å²) in [5.41, 5.74) is 14.3. The zero-order valence-corrected chi connectivity index (χ0v) is 39.7. The van der Waals surface area contributed by atoms with Gasteiger partial charge in [-0.2, -0.15) is 0 Å². The minimum absolute atomic E-state index is 0.144. The number of H-pyrrole nitrogens is 2. The largest absolute Gasteiger partial charge is 0.484 e. The molecule has 4 aliphatic rings. The molecule has 2 aromatic carbocycles. The molecule has 0 radical (unpaired) electrons. The predicted molar refractivity (Wildman–Crippen MR) is 266 cm³/mol. The van der Waals surface area contributed by atoms with Crippen molar-refractivity contribution in [3.63, 3.8) is 0 Å². The summed E-state index contributed by atoms with van der Waals surface area (Å²) in [7, 11) is 2.76. The highest BCUT2D eigenvalue weighted by molar-refractivity contribution is 5.97. The topological polar surface area (TPSA) is 189 Å². The number of aromatic amines is 2. The summed E-state index contributed by atoms with van der Waals surface area (Å²) in [5.74, 6) is 0.364. The van der Waals surface area contributed by atoms with Crippen molar-refractivity contribution >= 4 is 78.2 Å². The van der Waals surface area contributed by atoms with Gasteiger partial charge in [-0.25, -0.2) is 19.6 Å². The summed E-state index contributed by atoms with van der Waals surface area (Å²) in [6.45, 7) is 8.15. The summed E-state index contributed by atoms with van der Waals surface area (Å²) < 4.78 is 35.5. The lowest BCUT2D eigenvalue weighted by molar-refractivity contribution is -0.141. The van der Waals surface area contributed by atoms with Crippen molar-refractivity contribution in [3.8, 4) is 11.5 Å². The first-order valence-electron chi connectivity index (χ1n) is 23.6. The first-order chi connectivity index (χ1) is 33.9. The molecule has 70 heavy (non-hydrogen) atoms. The summed E-state index contributed by atoms with van der Waals surface area (Å²) in [5, 5.41) is 1.46. The van der Waals surface area contributed by atoms with Crippen LogP contribution in [0.2, 0.25) is 0 Å². The van der Waals surface area contributed by atoms with Crippen molar-refractivity contribution in [1.82, 2.24) is 19.9 Å². The van der Waals surface area contributed by atoms with Crippen LogP contribution in [0, 0.1) is 13.8 Å². The van der Waals surface area contributed by atoms with Crippen LogP contribution in [0.3, 0.4) is 0 Å². The zero-order valence-electron chi connectivity index (χ0n) is 39.7. The van der Waals surface area contributed by atoms with Crippen molar-refractivity contribution in [2.75, 3.05) is 14.2 Å². The van der Waals surface area contributed by atoms with E-state index in [-0.39, 0.29) is 24.8 Å². The second-order valence-electron chi connectivity index (χ2n) is 18.4. The highest BCUT2D eigenvalue weighted by atomic mass is 16.5. The third-order valence-corrected chi connectivity index (χ3v) is 14.4. The maximum atomic E-state index is 13.3. The van der Waals surface area contributed by atoms with Crippen molar-refractivity contribution in [3.05, 3.63) is 150 Å². The summed E-state index contributed by atoms with van der Waals surface area (Å²) in [6.07, 6.45) is 2.05. The van der Waals surface area contributed by atoms with Crippen LogP contribution in [0.1, 0.15) is 121 Å². The smallest absolute Gasteiger partial charge is 0.343 e. The van der Waals surface area contributed by atoms with Crippen molar-refractivity contribution < 1.29 is 37.4 Å². The summed E-state index contributed by atoms with van der Waals surface area (Å²) >= 11 is 0. The number of fused-ring (bicyclic) bond motifs is 14. The van der Waals surface area contributed by atoms with E-state index in [1.54, 1.807) is 12.1 Å². The van der Waals surface area contributed by atoms with E-state index in [9.17, 15) is 19.2 Å². The number of esters is 2. The summed E-state index contributed by atoms with van der Waals surface area (Å²) in [6, 6.07) is 23.0. The molecule has 7 aromatic rings. The third-order valence-electron chi connectivity index (χ3n) is 14.4. The SMILES string of the molecule is COC(=O)CCC1=C(C)c2cc3[nH]c(cc4[nH]c(cc5nc(cc1n2)C(CCC(=O)OC)=C5C)c(C1CCc2c(c5ccccc5oc2=O)O1)c4C)c(C1CCc2c(c4ccccc4oc2=O)O1)c3C. The number of hydrogen-bond acceptors (Lipinski definition) is 12. The number of ether oxygens (including phenoxy) is 4. The number of allylic oxidation sites excluding steroid dienone is 4. The quantitative estimate of drug-likeness (QED) is 0.108. The number of carbonyl (C=O) groups is 2. The van der Waals surface area contributed by atoms with Gasteiger partial charge in [-0.1, -0.05) is 24.3 Å². The molecule has 11 rings (SSSR count). The van der Waals surface area contributed by atoms with E-state index in [0.29, 0.717) is 95.1 Å². The standard InChI is InChI=1S/C56H50N4O10/c1-27-31(17-21-49(61)65-5)41-26-42-32(18-22-50(62)66-6)28(2)38(58-42)24-43-52(48-20-16-36-54(68-48)34-12-8-10-14-46(34)70-56(36)64)30(4)40(60-43)25-44-51(29(3)39(59-44)23-37(27)57-41)47-19-15-35-53(67-47)33-11-7-9-13-45(33)69-55(35)63/h7-14,23-26,47-48,59-60H,15-22H2,1-6H3. The zero-order chi connectivity index (χ0) is 48.5. The van der Waals surface area contributed by atoms with Gasteiger partial charge in [0.05, 0.1) is 58.9 Å². The van der Waals surface area contributed by atoms with E-state index in [2.05, 4.69) is 29.9 Å². The fourth-order valence-corrected chi connectivity index (χ4v) is 10.6. The maximum absolute atomic E-state index is 13.3. The van der Waals surface area contributed by atoms with E-state index >= 15 is 0 Å². The molecule has 0 saturated carbocycles. The van der Waals surface area contributed by atoms with E-state index in [0.717, 1.165) is 77.4 Å². The Morgan fingerprint density at radius 3 is 1.49 bits per heavy atom. The molecule has 2 unspecified atom stereocenters. The molecule has 0 amide bonds. The monoisotopic (exact) mass is 938 g/mol. The second-order valence-corrected chi connectivity index (χ2v) is 18.4. The van der Waals surface area contributed by atoms with Gasteiger partial charge in [-0.3, -0.25) is 9.59 Å². The Bertz CT molecular complexity index is 3750. The molecule has 0 spiro atoms. The maximum Gasteiger partial charge on any atom is 0.343 e. The van der Waals surface area contributed by atoms with Crippen LogP contribution in [0.4, 0.5) is 0 Å². The van der Waals surface area contributed by atoms with Crippen LogP contribution in [-0.4, -0.2) is 46.1 Å². The minimum Gasteiger partial charge on any atom is -0.484 e. The van der Waals surface area contributed by atoms with Gasteiger partial charge in [0.2, 0.25) is 0 Å². The average molecular weight is 939 g/mol. The Kier molecular flexibility index (Phi) is 11.1. The van der Waals surface area contributed by atoms with Crippen molar-refractivity contribution in [1.29, 1.82) is 0 Å². The Balaban J connectivity index is 1.18. The lowest BCUT2D eigenvalue weighted by Crippen LogP contribution is -2.21. The van der Waals surface area contributed by atoms with Gasteiger partial charge < -0.3 is 37.7 Å². The number of hydrogen-bond donors (Lipinski definition) is 2. The number of rotatable bonds is 8. The fourth-order valence-electron chi connectivity index (χ4n) is 10.6. The van der Waals surface area contributed by atoms with Crippen LogP contribution in [-0.2, 0) is 31.9 Å².